The van der Waals surface area contributed by atoms with E-state index in [2.05, 4.69) is 25.3 Å². The van der Waals surface area contributed by atoms with Crippen LogP contribution < -0.4 is 5.73 Å². The first-order chi connectivity index (χ1) is 4.18. The summed E-state index contributed by atoms with van der Waals surface area (Å²) >= 11 is 8.19. The van der Waals surface area contributed by atoms with E-state index in [0.717, 1.165) is 9.79 Å². The fraction of sp³-hybridized carbons (Fsp3) is 0. The van der Waals surface area contributed by atoms with Gasteiger partial charge in [-0.1, -0.05) is 0 Å². The Morgan fingerprint density at radius 3 is 1.78 bits per heavy atom. The summed E-state index contributed by atoms with van der Waals surface area (Å²) in [5, 5.41) is 0. The number of nitrogens with two attached hydrogens (primary N) is 1. The fourth-order valence-corrected chi connectivity index (χ4v) is 1.30. The van der Waals surface area contributed by atoms with Crippen molar-refractivity contribution in [1.29, 1.82) is 0 Å². The zero-order chi connectivity index (χ0) is 6.85. The maximum atomic E-state index is 5.46. The molecule has 0 atom stereocenters. The summed E-state index contributed by atoms with van der Waals surface area (Å²) in [6.07, 6.45) is 0. The zero-order valence-electron chi connectivity index (χ0n) is 4.70. The van der Waals surface area contributed by atoms with E-state index in [1.165, 1.54) is 0 Å². The van der Waals surface area contributed by atoms with Crippen LogP contribution in [0, 0.1) is 0 Å². The number of rotatable bonds is 0. The molecule has 0 aromatic heterocycles. The Labute approximate surface area is 65.1 Å². The molecule has 0 bridgehead atoms. The van der Waals surface area contributed by atoms with Crippen LogP contribution in [0.4, 0.5) is 5.69 Å². The van der Waals surface area contributed by atoms with Crippen molar-refractivity contribution in [3.05, 3.63) is 18.2 Å². The number of hydrogen-bond acceptors (Lipinski definition) is 3. The third kappa shape index (κ3) is 1.84. The number of thiol groups is 2. The van der Waals surface area contributed by atoms with E-state index >= 15 is 0 Å². The SMILES string of the molecule is Nc1cc(S)cc(S)c1. The molecular weight excluding hydrogens is 150 g/mol. The Hall–Kier alpha value is -0.280. The molecule has 3 heteroatoms. The molecule has 0 spiro atoms. The lowest BCUT2D eigenvalue weighted by atomic mass is 10.3. The molecule has 0 saturated carbocycles. The van der Waals surface area contributed by atoms with Crippen molar-refractivity contribution in [1.82, 2.24) is 0 Å². The minimum Gasteiger partial charge on any atom is -0.399 e. The lowest BCUT2D eigenvalue weighted by Gasteiger charge is -1.95. The third-order valence-corrected chi connectivity index (χ3v) is 1.44. The van der Waals surface area contributed by atoms with Gasteiger partial charge in [-0.15, -0.1) is 25.3 Å². The van der Waals surface area contributed by atoms with Gasteiger partial charge in [-0.25, -0.2) is 0 Å². The number of anilines is 1. The molecule has 0 amide bonds. The molecule has 0 aliphatic carbocycles. The molecule has 9 heavy (non-hydrogen) atoms. The van der Waals surface area contributed by atoms with Gasteiger partial charge in [0.25, 0.3) is 0 Å². The average molecular weight is 157 g/mol. The van der Waals surface area contributed by atoms with Crippen LogP contribution in [0.25, 0.3) is 0 Å². The monoisotopic (exact) mass is 157 g/mol. The van der Waals surface area contributed by atoms with E-state index in [4.69, 9.17) is 5.73 Å². The van der Waals surface area contributed by atoms with Crippen molar-refractivity contribution in [3.8, 4) is 0 Å². The molecular formula is C6H7NS2. The molecule has 0 unspecified atom stereocenters. The van der Waals surface area contributed by atoms with Gasteiger partial charge < -0.3 is 5.73 Å². The molecule has 2 N–H and O–H groups in total. The van der Waals surface area contributed by atoms with Crippen LogP contribution in [0.1, 0.15) is 0 Å². The first kappa shape index (κ1) is 6.83. The van der Waals surface area contributed by atoms with Crippen LogP contribution in [0.5, 0.6) is 0 Å². The van der Waals surface area contributed by atoms with E-state index in [9.17, 15) is 0 Å². The molecule has 0 aliphatic rings. The lowest BCUT2D eigenvalue weighted by molar-refractivity contribution is 1.35. The Bertz CT molecular complexity index is 172. The molecule has 1 rings (SSSR count). The van der Waals surface area contributed by atoms with E-state index in [1.54, 1.807) is 12.1 Å². The van der Waals surface area contributed by atoms with Crippen molar-refractivity contribution in [2.45, 2.75) is 9.79 Å². The van der Waals surface area contributed by atoms with Crippen molar-refractivity contribution in [3.63, 3.8) is 0 Å². The second-order valence-electron chi connectivity index (χ2n) is 1.78. The minimum atomic E-state index is 0.701. The number of benzene rings is 1. The second-order valence-corrected chi connectivity index (χ2v) is 2.82. The van der Waals surface area contributed by atoms with Crippen LogP contribution >= 0.6 is 25.3 Å². The standard InChI is InChI=1S/C6H7NS2/c7-4-1-5(8)3-6(9)2-4/h1-3,8-9H,7H2. The predicted octanol–water partition coefficient (Wildman–Crippen LogP) is 1.85. The summed E-state index contributed by atoms with van der Waals surface area (Å²) in [5.74, 6) is 0. The summed E-state index contributed by atoms with van der Waals surface area (Å²) < 4.78 is 0. The number of nitrogen functional groups attached to an aromatic ring is 1. The van der Waals surface area contributed by atoms with Gasteiger partial charge in [-0.2, -0.15) is 0 Å². The van der Waals surface area contributed by atoms with Crippen LogP contribution in [0.15, 0.2) is 28.0 Å². The molecule has 1 aromatic rings. The summed E-state index contributed by atoms with van der Waals surface area (Å²) in [6.45, 7) is 0. The second kappa shape index (κ2) is 2.54. The van der Waals surface area contributed by atoms with Crippen LogP contribution in [0.3, 0.4) is 0 Å². The van der Waals surface area contributed by atoms with Crippen LogP contribution in [0.2, 0.25) is 0 Å². The van der Waals surface area contributed by atoms with E-state index in [-0.39, 0.29) is 0 Å². The Morgan fingerprint density at radius 1 is 1.00 bits per heavy atom. The Balaban J connectivity index is 3.17. The van der Waals surface area contributed by atoms with Gasteiger partial charge in [0.1, 0.15) is 0 Å². The first-order valence-electron chi connectivity index (χ1n) is 2.47. The molecule has 1 nitrogen and oxygen atoms in total. The molecule has 48 valence electrons. The van der Waals surface area contributed by atoms with E-state index in [0.29, 0.717) is 5.69 Å². The molecule has 1 aromatic carbocycles. The Morgan fingerprint density at radius 2 is 1.44 bits per heavy atom. The topological polar surface area (TPSA) is 26.0 Å². The summed E-state index contributed by atoms with van der Waals surface area (Å²) in [7, 11) is 0. The number of hydrogen-bond donors (Lipinski definition) is 3. The van der Waals surface area contributed by atoms with E-state index < -0.39 is 0 Å². The molecule has 0 fully saturated rings. The van der Waals surface area contributed by atoms with Gasteiger partial charge in [0.2, 0.25) is 0 Å². The third-order valence-electron chi connectivity index (χ3n) is 0.925. The van der Waals surface area contributed by atoms with Gasteiger partial charge in [0, 0.05) is 15.5 Å². The summed E-state index contributed by atoms with van der Waals surface area (Å²) in [6, 6.07) is 5.40. The highest BCUT2D eigenvalue weighted by Gasteiger charge is 1.89. The van der Waals surface area contributed by atoms with Crippen molar-refractivity contribution in [2.24, 2.45) is 0 Å². The molecule has 0 radical (unpaired) electrons. The molecule has 0 aliphatic heterocycles. The molecule has 0 saturated heterocycles. The quantitative estimate of drug-likeness (QED) is 0.389. The van der Waals surface area contributed by atoms with Gasteiger partial charge >= 0.3 is 0 Å². The first-order valence-corrected chi connectivity index (χ1v) is 3.36. The highest BCUT2D eigenvalue weighted by Crippen LogP contribution is 2.16. The van der Waals surface area contributed by atoms with Gasteiger partial charge in [0.15, 0.2) is 0 Å². The average Bonchev–Trinajstić information content (AvgIpc) is 1.59. The lowest BCUT2D eigenvalue weighted by Crippen LogP contribution is -1.83. The largest absolute Gasteiger partial charge is 0.399 e. The normalized spacial score (nSPS) is 9.56. The van der Waals surface area contributed by atoms with Gasteiger partial charge in [-0.3, -0.25) is 0 Å². The maximum Gasteiger partial charge on any atom is 0.0336 e. The highest BCUT2D eigenvalue weighted by molar-refractivity contribution is 7.81. The predicted molar refractivity (Wildman–Crippen MR) is 45.4 cm³/mol. The van der Waals surface area contributed by atoms with Crippen LogP contribution in [-0.4, -0.2) is 0 Å². The van der Waals surface area contributed by atoms with Crippen molar-refractivity contribution in [2.75, 3.05) is 5.73 Å². The van der Waals surface area contributed by atoms with Gasteiger partial charge in [-0.05, 0) is 18.2 Å². The van der Waals surface area contributed by atoms with Crippen molar-refractivity contribution < 1.29 is 0 Å². The minimum absolute atomic E-state index is 0.701. The summed E-state index contributed by atoms with van der Waals surface area (Å²) in [4.78, 5) is 1.69. The Kier molecular flexibility index (Phi) is 1.93. The maximum absolute atomic E-state index is 5.46. The van der Waals surface area contributed by atoms with Crippen LogP contribution in [-0.2, 0) is 0 Å². The van der Waals surface area contributed by atoms with E-state index in [1.807, 2.05) is 6.07 Å². The van der Waals surface area contributed by atoms with Gasteiger partial charge in [0.05, 0.1) is 0 Å². The highest BCUT2D eigenvalue weighted by atomic mass is 32.1. The fourth-order valence-electron chi connectivity index (χ4n) is 0.618. The smallest absolute Gasteiger partial charge is 0.0336 e. The zero-order valence-corrected chi connectivity index (χ0v) is 6.49. The summed E-state index contributed by atoms with van der Waals surface area (Å²) in [5.41, 5.74) is 6.16. The molecule has 0 heterocycles. The van der Waals surface area contributed by atoms with Crippen molar-refractivity contribution >= 4 is 30.9 Å².